The zero-order chi connectivity index (χ0) is 9.52. The molecule has 0 amide bonds. The van der Waals surface area contributed by atoms with Crippen LogP contribution in [-0.2, 0) is 9.47 Å². The average molecular weight is 202 g/mol. The van der Waals surface area contributed by atoms with Gasteiger partial charge in [-0.1, -0.05) is 32.7 Å². The molecule has 1 fully saturated rings. The third-order valence-corrected chi connectivity index (χ3v) is 4.87. The molecule has 0 spiro atoms. The van der Waals surface area contributed by atoms with Gasteiger partial charge < -0.3 is 9.47 Å². The van der Waals surface area contributed by atoms with Crippen molar-refractivity contribution in [1.29, 1.82) is 0 Å². The minimum atomic E-state index is 0.0213. The summed E-state index contributed by atoms with van der Waals surface area (Å²) < 4.78 is 10.9. The van der Waals surface area contributed by atoms with Crippen molar-refractivity contribution in [2.75, 3.05) is 13.2 Å². The Balaban J connectivity index is 1.95. The number of hydrogen-bond donors (Lipinski definition) is 0. The van der Waals surface area contributed by atoms with Gasteiger partial charge in [-0.3, -0.25) is 0 Å². The highest BCUT2D eigenvalue weighted by Gasteiger charge is 2.23. The molecule has 1 rings (SSSR count). The zero-order valence-electron chi connectivity index (χ0n) is 8.92. The van der Waals surface area contributed by atoms with Crippen molar-refractivity contribution in [3.8, 4) is 0 Å². The molecule has 2 unspecified atom stereocenters. The lowest BCUT2D eigenvalue weighted by Gasteiger charge is -2.14. The summed E-state index contributed by atoms with van der Waals surface area (Å²) in [4.78, 5) is 0. The Morgan fingerprint density at radius 2 is 2.31 bits per heavy atom. The Hall–Kier alpha value is 0.137. The molecule has 0 aromatic rings. The van der Waals surface area contributed by atoms with Gasteiger partial charge in [0.25, 0.3) is 0 Å². The van der Waals surface area contributed by atoms with Crippen molar-refractivity contribution >= 4 is 9.52 Å². The van der Waals surface area contributed by atoms with Crippen LogP contribution in [0.15, 0.2) is 0 Å². The van der Waals surface area contributed by atoms with E-state index in [1.54, 1.807) is 0 Å². The summed E-state index contributed by atoms with van der Waals surface area (Å²) >= 11 is 0. The van der Waals surface area contributed by atoms with E-state index >= 15 is 0 Å². The summed E-state index contributed by atoms with van der Waals surface area (Å²) in [6, 6.07) is 1.44. The highest BCUT2D eigenvalue weighted by molar-refractivity contribution is 6.37. The fourth-order valence-electron chi connectivity index (χ4n) is 1.43. The van der Waals surface area contributed by atoms with Gasteiger partial charge in [-0.25, -0.2) is 0 Å². The Morgan fingerprint density at radius 1 is 1.54 bits per heavy atom. The Kier molecular flexibility index (Phi) is 5.67. The fraction of sp³-hybridized carbons (Fsp3) is 1.00. The third-order valence-electron chi connectivity index (χ3n) is 2.51. The molecule has 0 saturated carbocycles. The molecule has 0 aromatic heterocycles. The molecule has 0 aliphatic carbocycles. The third kappa shape index (κ3) is 5.44. The molecule has 13 heavy (non-hydrogen) atoms. The van der Waals surface area contributed by atoms with E-state index in [1.165, 1.54) is 25.3 Å². The highest BCUT2D eigenvalue weighted by Crippen LogP contribution is 2.11. The second-order valence-electron chi connectivity index (χ2n) is 3.81. The lowest BCUT2D eigenvalue weighted by atomic mass is 10.4. The van der Waals surface area contributed by atoms with Crippen molar-refractivity contribution in [1.82, 2.24) is 0 Å². The maximum Gasteiger partial charge on any atom is 0.104 e. The molecule has 0 bridgehead atoms. The van der Waals surface area contributed by atoms with Gasteiger partial charge in [0.1, 0.15) is 6.10 Å². The average Bonchev–Trinajstić information content (AvgIpc) is 2.94. The number of epoxide rings is 1. The molecule has 1 saturated heterocycles. The number of unbranched alkanes of at least 4 members (excludes halogenated alkanes) is 1. The van der Waals surface area contributed by atoms with Crippen LogP contribution in [0.2, 0.25) is 6.04 Å². The van der Waals surface area contributed by atoms with Crippen LogP contribution in [0.4, 0.5) is 0 Å². The van der Waals surface area contributed by atoms with Gasteiger partial charge in [0.15, 0.2) is 0 Å². The standard InChI is InChI=1S/C10H22O2Si/c1-3-5-6-13-10(4-2)12-8-9-7-11-9/h9-10H,3-8,13H2,1-2H3. The second kappa shape index (κ2) is 6.57. The lowest BCUT2D eigenvalue weighted by molar-refractivity contribution is 0.0874. The first-order valence-corrected chi connectivity index (χ1v) is 7.41. The predicted octanol–water partition coefficient (Wildman–Crippen LogP) is 1.53. The van der Waals surface area contributed by atoms with Crippen LogP contribution in [0.25, 0.3) is 0 Å². The summed E-state index contributed by atoms with van der Waals surface area (Å²) in [7, 11) is 0.0213. The summed E-state index contributed by atoms with van der Waals surface area (Å²) in [5, 5.41) is 0. The van der Waals surface area contributed by atoms with Crippen LogP contribution in [0.3, 0.4) is 0 Å². The number of ether oxygens (including phenoxy) is 2. The van der Waals surface area contributed by atoms with Crippen LogP contribution < -0.4 is 0 Å². The van der Waals surface area contributed by atoms with E-state index < -0.39 is 0 Å². The van der Waals surface area contributed by atoms with Crippen LogP contribution in [0.1, 0.15) is 33.1 Å². The van der Waals surface area contributed by atoms with Gasteiger partial charge in [-0.05, 0) is 6.42 Å². The van der Waals surface area contributed by atoms with Gasteiger partial charge in [0.05, 0.1) is 22.7 Å². The fourth-order valence-corrected chi connectivity index (χ4v) is 3.39. The molecule has 2 atom stereocenters. The molecule has 1 aliphatic rings. The van der Waals surface area contributed by atoms with E-state index in [4.69, 9.17) is 9.47 Å². The van der Waals surface area contributed by atoms with E-state index in [9.17, 15) is 0 Å². The predicted molar refractivity (Wildman–Crippen MR) is 58.0 cm³/mol. The van der Waals surface area contributed by atoms with Gasteiger partial charge in [-0.2, -0.15) is 0 Å². The van der Waals surface area contributed by atoms with Crippen molar-refractivity contribution in [3.05, 3.63) is 0 Å². The first kappa shape index (κ1) is 11.2. The minimum Gasteiger partial charge on any atom is -0.380 e. The molecular weight excluding hydrogens is 180 g/mol. The molecule has 0 aromatic carbocycles. The monoisotopic (exact) mass is 202 g/mol. The summed E-state index contributed by atoms with van der Waals surface area (Å²) in [5.41, 5.74) is 0.607. The van der Waals surface area contributed by atoms with Crippen molar-refractivity contribution < 1.29 is 9.47 Å². The SMILES string of the molecule is CCCC[SiH2]C(CC)OCC1CO1. The van der Waals surface area contributed by atoms with E-state index in [0.29, 0.717) is 11.8 Å². The lowest BCUT2D eigenvalue weighted by Crippen LogP contribution is -2.22. The smallest absolute Gasteiger partial charge is 0.104 e. The Bertz CT molecular complexity index is 126. The molecule has 0 radical (unpaired) electrons. The van der Waals surface area contributed by atoms with E-state index in [1.807, 2.05) is 0 Å². The van der Waals surface area contributed by atoms with Crippen LogP contribution in [-0.4, -0.2) is 34.6 Å². The van der Waals surface area contributed by atoms with Crippen molar-refractivity contribution in [2.45, 2.75) is 51.0 Å². The minimum absolute atomic E-state index is 0.0213. The second-order valence-corrected chi connectivity index (χ2v) is 6.01. The first-order valence-electron chi connectivity index (χ1n) is 5.60. The van der Waals surface area contributed by atoms with E-state index in [2.05, 4.69) is 13.8 Å². The summed E-state index contributed by atoms with van der Waals surface area (Å²) in [6.07, 6.45) is 4.36. The topological polar surface area (TPSA) is 21.8 Å². The molecule has 0 N–H and O–H groups in total. The molecular formula is C10H22O2Si. The van der Waals surface area contributed by atoms with Gasteiger partial charge >= 0.3 is 0 Å². The maximum absolute atomic E-state index is 5.80. The van der Waals surface area contributed by atoms with Crippen LogP contribution in [0, 0.1) is 0 Å². The van der Waals surface area contributed by atoms with Crippen molar-refractivity contribution in [2.24, 2.45) is 0 Å². The molecule has 1 aliphatic heterocycles. The van der Waals surface area contributed by atoms with Crippen LogP contribution >= 0.6 is 0 Å². The summed E-state index contributed by atoms with van der Waals surface area (Å²) in [6.45, 7) is 6.26. The van der Waals surface area contributed by atoms with Gasteiger partial charge in [0, 0.05) is 5.73 Å². The largest absolute Gasteiger partial charge is 0.380 e. The van der Waals surface area contributed by atoms with Gasteiger partial charge in [0.2, 0.25) is 0 Å². The number of rotatable bonds is 8. The zero-order valence-corrected chi connectivity index (χ0v) is 10.3. The highest BCUT2D eigenvalue weighted by atomic mass is 28.2. The molecule has 1 heterocycles. The Morgan fingerprint density at radius 3 is 2.85 bits per heavy atom. The number of hydrogen-bond acceptors (Lipinski definition) is 2. The van der Waals surface area contributed by atoms with Crippen molar-refractivity contribution in [3.63, 3.8) is 0 Å². The molecule has 2 nitrogen and oxygen atoms in total. The van der Waals surface area contributed by atoms with E-state index in [-0.39, 0.29) is 9.52 Å². The quantitative estimate of drug-likeness (QED) is 0.338. The van der Waals surface area contributed by atoms with E-state index in [0.717, 1.165) is 13.2 Å². The normalized spacial score (nSPS) is 24.0. The molecule has 3 heteroatoms. The molecule has 78 valence electrons. The first-order chi connectivity index (χ1) is 6.36. The summed E-state index contributed by atoms with van der Waals surface area (Å²) in [5.74, 6) is 0. The maximum atomic E-state index is 5.80. The van der Waals surface area contributed by atoms with Gasteiger partial charge in [-0.15, -0.1) is 0 Å². The van der Waals surface area contributed by atoms with Crippen LogP contribution in [0.5, 0.6) is 0 Å². The Labute approximate surface area is 83.8 Å².